The van der Waals surface area contributed by atoms with E-state index in [0.29, 0.717) is 5.69 Å². The Morgan fingerprint density at radius 2 is 1.85 bits per heavy atom. The van der Waals surface area contributed by atoms with Gasteiger partial charge in [-0.05, 0) is 50.2 Å². The van der Waals surface area contributed by atoms with Crippen LogP contribution in [0.15, 0.2) is 36.4 Å². The van der Waals surface area contributed by atoms with Crippen LogP contribution in [0.25, 0.3) is 0 Å². The molecule has 0 aliphatic heterocycles. The Morgan fingerprint density at radius 3 is 2.40 bits per heavy atom. The van der Waals surface area contributed by atoms with Crippen molar-refractivity contribution in [2.45, 2.75) is 20.0 Å². The number of rotatable bonds is 4. The number of benzene rings is 1. The molecular formula is C14H16N4O2. The van der Waals surface area contributed by atoms with Crippen LogP contribution < -0.4 is 15.8 Å². The van der Waals surface area contributed by atoms with Gasteiger partial charge in [0.2, 0.25) is 0 Å². The first kappa shape index (κ1) is 13.8. The molecule has 0 aliphatic rings. The molecule has 0 bridgehead atoms. The Bertz CT molecular complexity index is 579. The fraction of sp³-hybridized carbons (Fsp3) is 0.214. The minimum absolute atomic E-state index is 0.112. The highest BCUT2D eigenvalue weighted by molar-refractivity contribution is 6.02. The fourth-order valence-corrected chi connectivity index (χ4v) is 1.55. The molecule has 6 nitrogen and oxygen atoms in total. The zero-order valence-electron chi connectivity index (χ0n) is 11.3. The smallest absolute Gasteiger partial charge is 0.276 e. The molecule has 3 N–H and O–H groups in total. The van der Waals surface area contributed by atoms with Crippen LogP contribution in [0.1, 0.15) is 24.3 Å². The third kappa shape index (κ3) is 3.68. The molecule has 0 atom stereocenters. The van der Waals surface area contributed by atoms with Gasteiger partial charge < -0.3 is 15.8 Å². The Morgan fingerprint density at radius 1 is 1.15 bits per heavy atom. The summed E-state index contributed by atoms with van der Waals surface area (Å²) in [5, 5.41) is 10.1. The summed E-state index contributed by atoms with van der Waals surface area (Å²) in [6.07, 6.45) is 0.112. The van der Waals surface area contributed by atoms with Crippen LogP contribution in [-0.4, -0.2) is 22.2 Å². The lowest BCUT2D eigenvalue weighted by Gasteiger charge is -2.10. The Kier molecular flexibility index (Phi) is 4.14. The number of nitrogen functional groups attached to an aromatic ring is 1. The van der Waals surface area contributed by atoms with Crippen molar-refractivity contribution < 1.29 is 9.53 Å². The van der Waals surface area contributed by atoms with Crippen molar-refractivity contribution in [1.82, 2.24) is 10.2 Å². The van der Waals surface area contributed by atoms with Crippen molar-refractivity contribution in [3.63, 3.8) is 0 Å². The summed E-state index contributed by atoms with van der Waals surface area (Å²) in [6.45, 7) is 3.91. The lowest BCUT2D eigenvalue weighted by molar-refractivity contribution is 0.102. The molecule has 2 aromatic rings. The van der Waals surface area contributed by atoms with Crippen LogP contribution in [-0.2, 0) is 0 Å². The number of hydrogen-bond acceptors (Lipinski definition) is 5. The Balaban J connectivity index is 2.02. The van der Waals surface area contributed by atoms with Gasteiger partial charge in [0.15, 0.2) is 5.69 Å². The van der Waals surface area contributed by atoms with Crippen LogP contribution in [0.2, 0.25) is 0 Å². The van der Waals surface area contributed by atoms with Crippen LogP contribution in [0, 0.1) is 0 Å². The lowest BCUT2D eigenvalue weighted by Crippen LogP contribution is -2.14. The van der Waals surface area contributed by atoms with Gasteiger partial charge in [0.05, 0.1) is 6.10 Å². The van der Waals surface area contributed by atoms with E-state index in [-0.39, 0.29) is 23.5 Å². The van der Waals surface area contributed by atoms with Gasteiger partial charge in [0.25, 0.3) is 5.91 Å². The summed E-state index contributed by atoms with van der Waals surface area (Å²) in [5.41, 5.74) is 6.28. The highest BCUT2D eigenvalue weighted by Crippen LogP contribution is 2.17. The van der Waals surface area contributed by atoms with Crippen molar-refractivity contribution in [2.75, 3.05) is 11.1 Å². The molecule has 2 rings (SSSR count). The molecule has 0 fully saturated rings. The maximum absolute atomic E-state index is 11.9. The monoisotopic (exact) mass is 272 g/mol. The largest absolute Gasteiger partial charge is 0.491 e. The number of anilines is 2. The second-order valence-corrected chi connectivity index (χ2v) is 4.49. The van der Waals surface area contributed by atoms with Crippen molar-refractivity contribution in [1.29, 1.82) is 0 Å². The van der Waals surface area contributed by atoms with E-state index in [1.54, 1.807) is 24.3 Å². The van der Waals surface area contributed by atoms with E-state index in [0.717, 1.165) is 5.75 Å². The molecule has 104 valence electrons. The molecule has 1 aromatic carbocycles. The van der Waals surface area contributed by atoms with E-state index in [1.165, 1.54) is 12.1 Å². The van der Waals surface area contributed by atoms with Gasteiger partial charge in [-0.15, -0.1) is 10.2 Å². The second-order valence-electron chi connectivity index (χ2n) is 4.49. The molecule has 0 unspecified atom stereocenters. The zero-order valence-corrected chi connectivity index (χ0v) is 11.3. The molecular weight excluding hydrogens is 256 g/mol. The summed E-state index contributed by atoms with van der Waals surface area (Å²) < 4.78 is 5.52. The van der Waals surface area contributed by atoms with Crippen molar-refractivity contribution in [2.24, 2.45) is 0 Å². The fourth-order valence-electron chi connectivity index (χ4n) is 1.55. The second kappa shape index (κ2) is 6.01. The number of nitrogens with zero attached hydrogens (tertiary/aromatic N) is 2. The van der Waals surface area contributed by atoms with Gasteiger partial charge in [0.1, 0.15) is 11.6 Å². The number of aromatic nitrogens is 2. The quantitative estimate of drug-likeness (QED) is 0.889. The van der Waals surface area contributed by atoms with Crippen molar-refractivity contribution in [3.05, 3.63) is 42.1 Å². The number of hydrogen-bond donors (Lipinski definition) is 2. The van der Waals surface area contributed by atoms with Crippen molar-refractivity contribution >= 4 is 17.4 Å². The number of carbonyl (C=O) groups is 1. The summed E-state index contributed by atoms with van der Waals surface area (Å²) in [4.78, 5) is 11.9. The average molecular weight is 272 g/mol. The number of nitrogens with two attached hydrogens (primary N) is 1. The third-order valence-corrected chi connectivity index (χ3v) is 2.40. The summed E-state index contributed by atoms with van der Waals surface area (Å²) >= 11 is 0. The molecule has 0 radical (unpaired) electrons. The van der Waals surface area contributed by atoms with Gasteiger partial charge >= 0.3 is 0 Å². The first-order valence-electron chi connectivity index (χ1n) is 6.22. The highest BCUT2D eigenvalue weighted by Gasteiger charge is 2.08. The molecule has 1 amide bonds. The van der Waals surface area contributed by atoms with Gasteiger partial charge in [0, 0.05) is 5.69 Å². The van der Waals surface area contributed by atoms with Crippen LogP contribution in [0.3, 0.4) is 0 Å². The van der Waals surface area contributed by atoms with E-state index in [9.17, 15) is 4.79 Å². The van der Waals surface area contributed by atoms with Gasteiger partial charge in [-0.2, -0.15) is 0 Å². The first-order valence-corrected chi connectivity index (χ1v) is 6.22. The van der Waals surface area contributed by atoms with E-state index >= 15 is 0 Å². The maximum atomic E-state index is 11.9. The number of ether oxygens (including phenoxy) is 1. The SMILES string of the molecule is CC(C)Oc1ccc(NC(=O)c2ccc(N)nn2)cc1. The minimum Gasteiger partial charge on any atom is -0.491 e. The molecule has 0 saturated carbocycles. The predicted octanol–water partition coefficient (Wildman–Crippen LogP) is 2.10. The highest BCUT2D eigenvalue weighted by atomic mass is 16.5. The average Bonchev–Trinajstić information content (AvgIpc) is 2.41. The topological polar surface area (TPSA) is 90.1 Å². The molecule has 6 heteroatoms. The van der Waals surface area contributed by atoms with Gasteiger partial charge in [-0.25, -0.2) is 0 Å². The predicted molar refractivity (Wildman–Crippen MR) is 76.6 cm³/mol. The normalized spacial score (nSPS) is 10.3. The molecule has 20 heavy (non-hydrogen) atoms. The van der Waals surface area contributed by atoms with Crippen LogP contribution in [0.4, 0.5) is 11.5 Å². The Hall–Kier alpha value is -2.63. The number of nitrogens with one attached hydrogen (secondary N) is 1. The maximum Gasteiger partial charge on any atom is 0.276 e. The molecule has 0 saturated heterocycles. The van der Waals surface area contributed by atoms with E-state index in [4.69, 9.17) is 10.5 Å². The molecule has 0 aliphatic carbocycles. The third-order valence-electron chi connectivity index (χ3n) is 2.40. The Labute approximate surface area is 117 Å². The number of carbonyl (C=O) groups excluding carboxylic acids is 1. The van der Waals surface area contributed by atoms with Gasteiger partial charge in [-0.3, -0.25) is 4.79 Å². The summed E-state index contributed by atoms with van der Waals surface area (Å²) in [6, 6.07) is 10.2. The lowest BCUT2D eigenvalue weighted by atomic mass is 10.3. The van der Waals surface area contributed by atoms with Crippen LogP contribution >= 0.6 is 0 Å². The minimum atomic E-state index is -0.338. The van der Waals surface area contributed by atoms with Crippen molar-refractivity contribution in [3.8, 4) is 5.75 Å². The van der Waals surface area contributed by atoms with E-state index in [2.05, 4.69) is 15.5 Å². The summed E-state index contributed by atoms with van der Waals surface area (Å²) in [5.74, 6) is 0.692. The number of amides is 1. The van der Waals surface area contributed by atoms with E-state index in [1.807, 2.05) is 13.8 Å². The first-order chi connectivity index (χ1) is 9.54. The van der Waals surface area contributed by atoms with E-state index < -0.39 is 0 Å². The molecule has 0 spiro atoms. The standard InChI is InChI=1S/C14H16N4O2/c1-9(2)20-11-5-3-10(4-6-11)16-14(19)12-7-8-13(15)18-17-12/h3-9H,1-2H3,(H2,15,18)(H,16,19). The molecule has 1 heterocycles. The zero-order chi connectivity index (χ0) is 14.5. The summed E-state index contributed by atoms with van der Waals surface area (Å²) in [7, 11) is 0. The van der Waals surface area contributed by atoms with Gasteiger partial charge in [-0.1, -0.05) is 0 Å². The molecule has 1 aromatic heterocycles. The van der Waals surface area contributed by atoms with Crippen LogP contribution in [0.5, 0.6) is 5.75 Å².